The quantitative estimate of drug-likeness (QED) is 0.681. The van der Waals surface area contributed by atoms with E-state index in [1.165, 1.54) is 11.1 Å². The van der Waals surface area contributed by atoms with Crippen LogP contribution in [-0.4, -0.2) is 14.5 Å². The van der Waals surface area contributed by atoms with Gasteiger partial charge in [0.2, 0.25) is 0 Å². The monoisotopic (exact) mass is 299 g/mol. The van der Waals surface area contributed by atoms with E-state index in [9.17, 15) is 0 Å². The number of benzene rings is 1. The van der Waals surface area contributed by atoms with Crippen molar-refractivity contribution in [2.75, 3.05) is 0 Å². The molecule has 21 heavy (non-hydrogen) atoms. The minimum absolute atomic E-state index is 0.406. The Kier molecular flexibility index (Phi) is 3.93. The minimum atomic E-state index is 0.406. The fourth-order valence-electron chi connectivity index (χ4n) is 2.62. The maximum atomic E-state index is 6.05. The van der Waals surface area contributed by atoms with E-state index in [4.69, 9.17) is 11.6 Å². The van der Waals surface area contributed by atoms with Crippen LogP contribution in [-0.2, 0) is 18.8 Å². The zero-order chi connectivity index (χ0) is 14.8. The third kappa shape index (κ3) is 2.79. The molecule has 3 nitrogen and oxygen atoms in total. The summed E-state index contributed by atoms with van der Waals surface area (Å²) < 4.78 is 2.13. The van der Waals surface area contributed by atoms with Crippen molar-refractivity contribution in [3.05, 3.63) is 59.0 Å². The van der Waals surface area contributed by atoms with E-state index in [-0.39, 0.29) is 0 Å². The molecule has 0 aliphatic heterocycles. The van der Waals surface area contributed by atoms with Crippen molar-refractivity contribution in [2.45, 2.75) is 32.7 Å². The van der Waals surface area contributed by atoms with Gasteiger partial charge in [0.05, 0.1) is 5.88 Å². The molecule has 0 saturated heterocycles. The van der Waals surface area contributed by atoms with Gasteiger partial charge in [0.25, 0.3) is 0 Å². The number of imidazole rings is 1. The molecule has 0 aliphatic carbocycles. The van der Waals surface area contributed by atoms with Crippen LogP contribution in [0.4, 0.5) is 0 Å². The van der Waals surface area contributed by atoms with Crippen molar-refractivity contribution < 1.29 is 0 Å². The summed E-state index contributed by atoms with van der Waals surface area (Å²) in [5, 5.41) is 0. The average Bonchev–Trinajstić information content (AvgIpc) is 2.83. The van der Waals surface area contributed by atoms with Gasteiger partial charge < -0.3 is 4.57 Å². The van der Waals surface area contributed by atoms with Gasteiger partial charge in [0.1, 0.15) is 11.3 Å². The summed E-state index contributed by atoms with van der Waals surface area (Å²) in [6, 6.07) is 10.5. The summed E-state index contributed by atoms with van der Waals surface area (Å²) in [6.07, 6.45) is 2.84. The number of pyridine rings is 1. The highest BCUT2D eigenvalue weighted by Crippen LogP contribution is 2.18. The van der Waals surface area contributed by atoms with Crippen LogP contribution < -0.4 is 0 Å². The fourth-order valence-corrected chi connectivity index (χ4v) is 2.82. The molecule has 3 rings (SSSR count). The number of fused-ring (bicyclic) bond motifs is 1. The van der Waals surface area contributed by atoms with Crippen molar-refractivity contribution in [3.63, 3.8) is 0 Å². The van der Waals surface area contributed by atoms with Gasteiger partial charge in [-0.1, -0.05) is 24.3 Å². The Labute approximate surface area is 129 Å². The van der Waals surface area contributed by atoms with E-state index in [2.05, 4.69) is 51.8 Å². The molecule has 2 heterocycles. The van der Waals surface area contributed by atoms with Crippen LogP contribution in [0, 0.1) is 13.8 Å². The first-order valence-electron chi connectivity index (χ1n) is 7.11. The Balaban J connectivity index is 1.94. The summed E-state index contributed by atoms with van der Waals surface area (Å²) in [5.41, 5.74) is 5.64. The maximum Gasteiger partial charge on any atom is 0.160 e. The van der Waals surface area contributed by atoms with Crippen molar-refractivity contribution in [1.29, 1.82) is 0 Å². The summed E-state index contributed by atoms with van der Waals surface area (Å²) in [5.74, 6) is 1.29. The number of rotatable bonds is 4. The highest BCUT2D eigenvalue weighted by Gasteiger charge is 2.11. The first-order chi connectivity index (χ1) is 10.2. The predicted molar refractivity (Wildman–Crippen MR) is 86.7 cm³/mol. The van der Waals surface area contributed by atoms with Crippen LogP contribution in [0.3, 0.4) is 0 Å². The summed E-state index contributed by atoms with van der Waals surface area (Å²) in [4.78, 5) is 9.12. The summed E-state index contributed by atoms with van der Waals surface area (Å²) in [7, 11) is 0. The second-order valence-corrected chi connectivity index (χ2v) is 5.61. The van der Waals surface area contributed by atoms with E-state index >= 15 is 0 Å². The molecule has 3 aromatic rings. The smallest absolute Gasteiger partial charge is 0.160 e. The number of aromatic nitrogens is 3. The van der Waals surface area contributed by atoms with E-state index in [0.29, 0.717) is 5.88 Å². The minimum Gasteiger partial charge on any atom is -0.311 e. The fraction of sp³-hybridized carbons (Fsp3) is 0.294. The molecule has 0 unspecified atom stereocenters. The lowest BCUT2D eigenvalue weighted by Gasteiger charge is -2.09. The molecule has 4 heteroatoms. The van der Waals surface area contributed by atoms with E-state index in [1.807, 2.05) is 13.1 Å². The lowest BCUT2D eigenvalue weighted by molar-refractivity contribution is 0.680. The van der Waals surface area contributed by atoms with Gasteiger partial charge in [0, 0.05) is 12.7 Å². The van der Waals surface area contributed by atoms with E-state index in [1.54, 1.807) is 0 Å². The molecule has 0 aliphatic rings. The number of aryl methyl sites for hydroxylation is 4. The Morgan fingerprint density at radius 2 is 2.00 bits per heavy atom. The van der Waals surface area contributed by atoms with Gasteiger partial charge >= 0.3 is 0 Å². The largest absolute Gasteiger partial charge is 0.311 e. The molecule has 0 saturated carbocycles. The van der Waals surface area contributed by atoms with Crippen LogP contribution in [0.5, 0.6) is 0 Å². The molecular weight excluding hydrogens is 282 g/mol. The molecule has 0 bridgehead atoms. The molecular formula is C17H18ClN3. The predicted octanol–water partition coefficient (Wildman–Crippen LogP) is 4.03. The normalized spacial score (nSPS) is 11.2. The highest BCUT2D eigenvalue weighted by molar-refractivity contribution is 6.16. The second-order valence-electron chi connectivity index (χ2n) is 5.35. The van der Waals surface area contributed by atoms with Crippen molar-refractivity contribution in [1.82, 2.24) is 14.5 Å². The van der Waals surface area contributed by atoms with Crippen molar-refractivity contribution in [2.24, 2.45) is 0 Å². The molecule has 108 valence electrons. The molecule has 0 fully saturated rings. The second kappa shape index (κ2) is 5.86. The third-order valence-corrected chi connectivity index (χ3v) is 4.03. The lowest BCUT2D eigenvalue weighted by Crippen LogP contribution is -2.06. The SMILES string of the molecule is Cc1cnc2c(c1)nc(CCl)n2CCc1ccccc1C. The number of nitrogens with zero attached hydrogens (tertiary/aromatic N) is 3. The number of alkyl halides is 1. The van der Waals surface area contributed by atoms with E-state index in [0.717, 1.165) is 35.5 Å². The van der Waals surface area contributed by atoms with Gasteiger partial charge in [-0.2, -0.15) is 0 Å². The summed E-state index contributed by atoms with van der Waals surface area (Å²) >= 11 is 6.05. The third-order valence-electron chi connectivity index (χ3n) is 3.79. The molecule has 0 amide bonds. The number of hydrogen-bond acceptors (Lipinski definition) is 2. The van der Waals surface area contributed by atoms with Gasteiger partial charge in [-0.25, -0.2) is 9.97 Å². The average molecular weight is 300 g/mol. The first kappa shape index (κ1) is 14.1. The highest BCUT2D eigenvalue weighted by atomic mass is 35.5. The molecule has 0 N–H and O–H groups in total. The zero-order valence-electron chi connectivity index (χ0n) is 12.3. The molecule has 2 aromatic heterocycles. The Bertz CT molecular complexity index is 777. The Morgan fingerprint density at radius 3 is 2.76 bits per heavy atom. The molecule has 0 spiro atoms. The molecule has 1 aromatic carbocycles. The number of halogens is 1. The van der Waals surface area contributed by atoms with Gasteiger partial charge in [-0.05, 0) is 43.0 Å². The van der Waals surface area contributed by atoms with Gasteiger partial charge in [-0.3, -0.25) is 0 Å². The number of hydrogen-bond donors (Lipinski definition) is 0. The van der Waals surface area contributed by atoms with Gasteiger partial charge in [0.15, 0.2) is 5.65 Å². The van der Waals surface area contributed by atoms with Gasteiger partial charge in [-0.15, -0.1) is 11.6 Å². The topological polar surface area (TPSA) is 30.7 Å². The lowest BCUT2D eigenvalue weighted by atomic mass is 10.1. The van der Waals surface area contributed by atoms with E-state index < -0.39 is 0 Å². The zero-order valence-corrected chi connectivity index (χ0v) is 13.1. The molecule has 0 atom stereocenters. The first-order valence-corrected chi connectivity index (χ1v) is 7.64. The standard InChI is InChI=1S/C17H18ClN3/c1-12-9-15-17(19-11-12)21(16(10-18)20-15)8-7-14-6-4-3-5-13(14)2/h3-6,9,11H,7-8,10H2,1-2H3. The van der Waals surface area contributed by atoms with Crippen LogP contribution in [0.25, 0.3) is 11.2 Å². The van der Waals surface area contributed by atoms with Crippen molar-refractivity contribution >= 4 is 22.8 Å². The maximum absolute atomic E-state index is 6.05. The van der Waals surface area contributed by atoms with Crippen molar-refractivity contribution in [3.8, 4) is 0 Å². The van der Waals surface area contributed by atoms with Crippen LogP contribution in [0.2, 0.25) is 0 Å². The van der Waals surface area contributed by atoms with Crippen LogP contribution in [0.1, 0.15) is 22.5 Å². The van der Waals surface area contributed by atoms with Crippen LogP contribution in [0.15, 0.2) is 36.5 Å². The molecule has 0 radical (unpaired) electrons. The Hall–Kier alpha value is -1.87. The summed E-state index contributed by atoms with van der Waals surface area (Å²) in [6.45, 7) is 5.02. The Morgan fingerprint density at radius 1 is 1.19 bits per heavy atom. The van der Waals surface area contributed by atoms with Crippen LogP contribution >= 0.6 is 11.6 Å².